The maximum atomic E-state index is 11.7. The standard InChI is InChI=1S/C11H17NO3S/c1-8(13)16-9-3-10(14)12(4-9)5-11(2)6-15-7-11/h9H,3-7H2,1-2H3. The first-order chi connectivity index (χ1) is 7.48. The Bertz CT molecular complexity index is 314. The van der Waals surface area contributed by atoms with Gasteiger partial charge in [-0.25, -0.2) is 0 Å². The molecule has 0 bridgehead atoms. The van der Waals surface area contributed by atoms with Crippen molar-refractivity contribution in [3.63, 3.8) is 0 Å². The van der Waals surface area contributed by atoms with Gasteiger partial charge in [0.25, 0.3) is 0 Å². The topological polar surface area (TPSA) is 46.6 Å². The number of nitrogens with zero attached hydrogens (tertiary/aromatic N) is 1. The molecule has 2 fully saturated rings. The lowest BCUT2D eigenvalue weighted by atomic mass is 9.88. The summed E-state index contributed by atoms with van der Waals surface area (Å²) in [6.07, 6.45) is 0.501. The molecular formula is C11H17NO3S. The molecule has 0 aromatic heterocycles. The third kappa shape index (κ3) is 2.58. The minimum Gasteiger partial charge on any atom is -0.380 e. The molecule has 0 aromatic carbocycles. The molecule has 2 heterocycles. The zero-order valence-corrected chi connectivity index (χ0v) is 10.5. The Morgan fingerprint density at radius 2 is 2.31 bits per heavy atom. The molecule has 2 rings (SSSR count). The van der Waals surface area contributed by atoms with Crippen LogP contribution in [0, 0.1) is 5.41 Å². The lowest BCUT2D eigenvalue weighted by Gasteiger charge is -2.40. The van der Waals surface area contributed by atoms with Gasteiger partial charge in [-0.3, -0.25) is 9.59 Å². The van der Waals surface area contributed by atoms with Gasteiger partial charge in [-0.05, 0) is 0 Å². The first-order valence-corrected chi connectivity index (χ1v) is 6.39. The molecule has 1 unspecified atom stereocenters. The second kappa shape index (κ2) is 4.37. The predicted octanol–water partition coefficient (Wildman–Crippen LogP) is 0.903. The summed E-state index contributed by atoms with van der Waals surface area (Å²) in [6.45, 7) is 6.64. The minimum absolute atomic E-state index is 0.0952. The van der Waals surface area contributed by atoms with Crippen molar-refractivity contribution in [2.45, 2.75) is 25.5 Å². The van der Waals surface area contributed by atoms with Crippen LogP contribution >= 0.6 is 11.8 Å². The lowest BCUT2D eigenvalue weighted by molar-refractivity contribution is -0.140. The molecule has 2 aliphatic rings. The quantitative estimate of drug-likeness (QED) is 0.739. The maximum absolute atomic E-state index is 11.7. The Hall–Kier alpha value is -0.550. The molecule has 0 spiro atoms. The Labute approximate surface area is 99.7 Å². The minimum atomic E-state index is 0.0952. The van der Waals surface area contributed by atoms with Crippen LogP contribution in [0.4, 0.5) is 0 Å². The number of carbonyl (C=O) groups excluding carboxylic acids is 2. The van der Waals surface area contributed by atoms with Crippen LogP contribution in [0.5, 0.6) is 0 Å². The molecule has 1 atom stereocenters. The van der Waals surface area contributed by atoms with Crippen molar-refractivity contribution in [1.82, 2.24) is 4.90 Å². The van der Waals surface area contributed by atoms with Gasteiger partial charge in [0.15, 0.2) is 5.12 Å². The van der Waals surface area contributed by atoms with Crippen molar-refractivity contribution in [2.24, 2.45) is 5.41 Å². The van der Waals surface area contributed by atoms with Crippen molar-refractivity contribution < 1.29 is 14.3 Å². The first kappa shape index (κ1) is 11.9. The molecule has 0 saturated carbocycles. The van der Waals surface area contributed by atoms with Gasteiger partial charge in [0.05, 0.1) is 13.2 Å². The first-order valence-electron chi connectivity index (χ1n) is 5.51. The highest BCUT2D eigenvalue weighted by Crippen LogP contribution is 2.31. The summed E-state index contributed by atoms with van der Waals surface area (Å²) < 4.78 is 5.18. The van der Waals surface area contributed by atoms with E-state index >= 15 is 0 Å². The monoisotopic (exact) mass is 243 g/mol. The van der Waals surface area contributed by atoms with Gasteiger partial charge in [0, 0.05) is 37.1 Å². The number of carbonyl (C=O) groups is 2. The van der Waals surface area contributed by atoms with Crippen molar-refractivity contribution in [1.29, 1.82) is 0 Å². The molecule has 4 nitrogen and oxygen atoms in total. The van der Waals surface area contributed by atoms with Crippen molar-refractivity contribution in [3.8, 4) is 0 Å². The highest BCUT2D eigenvalue weighted by molar-refractivity contribution is 8.14. The summed E-state index contributed by atoms with van der Waals surface area (Å²) in [6, 6.07) is 0. The van der Waals surface area contributed by atoms with E-state index in [4.69, 9.17) is 4.74 Å². The van der Waals surface area contributed by atoms with Crippen LogP contribution in [0.1, 0.15) is 20.3 Å². The number of ether oxygens (including phenoxy) is 1. The summed E-state index contributed by atoms with van der Waals surface area (Å²) >= 11 is 1.29. The maximum Gasteiger partial charge on any atom is 0.223 e. The summed E-state index contributed by atoms with van der Waals surface area (Å²) in [5, 5.41) is 0.243. The average molecular weight is 243 g/mol. The van der Waals surface area contributed by atoms with Gasteiger partial charge >= 0.3 is 0 Å². The predicted molar refractivity (Wildman–Crippen MR) is 62.2 cm³/mol. The normalized spacial score (nSPS) is 28.0. The summed E-state index contributed by atoms with van der Waals surface area (Å²) in [5.74, 6) is 0.173. The van der Waals surface area contributed by atoms with Gasteiger partial charge in [0.2, 0.25) is 5.91 Å². The third-order valence-corrected chi connectivity index (χ3v) is 3.97. The number of thioether (sulfide) groups is 1. The van der Waals surface area contributed by atoms with Crippen molar-refractivity contribution in [3.05, 3.63) is 0 Å². The van der Waals surface area contributed by atoms with Gasteiger partial charge in [-0.15, -0.1) is 0 Å². The van der Waals surface area contributed by atoms with Crippen molar-refractivity contribution in [2.75, 3.05) is 26.3 Å². The van der Waals surface area contributed by atoms with E-state index < -0.39 is 0 Å². The van der Waals surface area contributed by atoms with Crippen LogP contribution in [0.25, 0.3) is 0 Å². The van der Waals surface area contributed by atoms with Gasteiger partial charge < -0.3 is 9.64 Å². The number of amides is 1. The van der Waals surface area contributed by atoms with E-state index in [2.05, 4.69) is 6.92 Å². The number of rotatable bonds is 3. The second-order valence-corrected chi connectivity index (χ2v) is 6.49. The van der Waals surface area contributed by atoms with E-state index in [0.717, 1.165) is 19.8 Å². The molecule has 0 radical (unpaired) electrons. The van der Waals surface area contributed by atoms with Crippen LogP contribution in [0.3, 0.4) is 0 Å². The van der Waals surface area contributed by atoms with Gasteiger partial charge in [0.1, 0.15) is 0 Å². The molecule has 2 saturated heterocycles. The zero-order chi connectivity index (χ0) is 11.8. The summed E-state index contributed by atoms with van der Waals surface area (Å²) in [4.78, 5) is 24.6. The van der Waals surface area contributed by atoms with Crippen LogP contribution in [0.2, 0.25) is 0 Å². The number of likely N-dealkylation sites (tertiary alicyclic amines) is 1. The second-order valence-electron chi connectivity index (χ2n) is 5.01. The lowest BCUT2D eigenvalue weighted by Crippen LogP contribution is -2.49. The van der Waals surface area contributed by atoms with E-state index in [1.54, 1.807) is 6.92 Å². The van der Waals surface area contributed by atoms with E-state index in [0.29, 0.717) is 13.0 Å². The zero-order valence-electron chi connectivity index (χ0n) is 9.69. The average Bonchev–Trinajstić information content (AvgIpc) is 2.43. The van der Waals surface area contributed by atoms with Crippen LogP contribution in [-0.4, -0.2) is 47.5 Å². The van der Waals surface area contributed by atoms with E-state index in [9.17, 15) is 9.59 Å². The Morgan fingerprint density at radius 1 is 1.62 bits per heavy atom. The SMILES string of the molecule is CC(=O)SC1CC(=O)N(CC2(C)COC2)C1. The molecule has 16 heavy (non-hydrogen) atoms. The summed E-state index contributed by atoms with van der Waals surface area (Å²) in [5.41, 5.74) is 0.130. The smallest absolute Gasteiger partial charge is 0.223 e. The molecule has 0 N–H and O–H groups in total. The molecule has 2 aliphatic heterocycles. The Morgan fingerprint density at radius 3 is 2.81 bits per heavy atom. The van der Waals surface area contributed by atoms with Crippen molar-refractivity contribution >= 4 is 22.8 Å². The van der Waals surface area contributed by atoms with Gasteiger partial charge in [-0.1, -0.05) is 18.7 Å². The van der Waals surface area contributed by atoms with Crippen LogP contribution in [-0.2, 0) is 14.3 Å². The highest BCUT2D eigenvalue weighted by atomic mass is 32.2. The highest BCUT2D eigenvalue weighted by Gasteiger charge is 2.40. The Balaban J connectivity index is 1.87. The summed E-state index contributed by atoms with van der Waals surface area (Å²) in [7, 11) is 0. The largest absolute Gasteiger partial charge is 0.380 e. The number of hydrogen-bond donors (Lipinski definition) is 0. The van der Waals surface area contributed by atoms with E-state index in [1.807, 2.05) is 4.90 Å². The molecule has 5 heteroatoms. The molecule has 0 aromatic rings. The fourth-order valence-electron chi connectivity index (χ4n) is 2.20. The Kier molecular flexibility index (Phi) is 3.26. The third-order valence-electron chi connectivity index (χ3n) is 2.99. The fraction of sp³-hybridized carbons (Fsp3) is 0.818. The van der Waals surface area contributed by atoms with E-state index in [-0.39, 0.29) is 21.7 Å². The van der Waals surface area contributed by atoms with Crippen LogP contribution in [0.15, 0.2) is 0 Å². The van der Waals surface area contributed by atoms with E-state index in [1.165, 1.54) is 11.8 Å². The van der Waals surface area contributed by atoms with Gasteiger partial charge in [-0.2, -0.15) is 0 Å². The molecule has 90 valence electrons. The number of hydrogen-bond acceptors (Lipinski definition) is 4. The fourth-order valence-corrected chi connectivity index (χ4v) is 3.15. The van der Waals surface area contributed by atoms with Crippen LogP contribution < -0.4 is 0 Å². The molecular weight excluding hydrogens is 226 g/mol. The molecule has 1 amide bonds. The molecule has 0 aliphatic carbocycles.